The summed E-state index contributed by atoms with van der Waals surface area (Å²) in [6.07, 6.45) is -4.60. The first-order valence-electron chi connectivity index (χ1n) is 9.67. The molecule has 4 rings (SSSR count). The predicted octanol–water partition coefficient (Wildman–Crippen LogP) is -0.683. The molecule has 11 heteroatoms. The Morgan fingerprint density at radius 1 is 0.938 bits per heavy atom. The molecule has 6 atom stereocenters. The van der Waals surface area contributed by atoms with Crippen molar-refractivity contribution in [3.05, 3.63) is 64.8 Å². The Hall–Kier alpha value is -3.22. The fraction of sp³-hybridized carbons (Fsp3) is 0.333. The smallest absolute Gasteiger partial charge is 0.305 e. The quantitative estimate of drug-likeness (QED) is 0.215. The number of aromatic hydroxyl groups is 2. The lowest BCUT2D eigenvalue weighted by Gasteiger charge is -2.40. The molecular formula is C21H23O11+. The van der Waals surface area contributed by atoms with Crippen LogP contribution in [0.4, 0.5) is 0 Å². The number of allylic oxidation sites excluding steroid dienone is 2. The van der Waals surface area contributed by atoms with Crippen LogP contribution in [-0.4, -0.2) is 89.0 Å². The van der Waals surface area contributed by atoms with Gasteiger partial charge in [0.15, 0.2) is 11.5 Å². The zero-order valence-electron chi connectivity index (χ0n) is 16.5. The zero-order chi connectivity index (χ0) is 23.2. The van der Waals surface area contributed by atoms with Gasteiger partial charge < -0.3 is 55.1 Å². The van der Waals surface area contributed by atoms with Crippen molar-refractivity contribution in [1.82, 2.24) is 0 Å². The van der Waals surface area contributed by atoms with Crippen molar-refractivity contribution in [2.75, 3.05) is 6.61 Å². The molecule has 1 aliphatic carbocycles. The molecule has 1 aromatic rings. The van der Waals surface area contributed by atoms with E-state index in [9.17, 15) is 40.9 Å². The molecule has 0 spiro atoms. The fourth-order valence-corrected chi connectivity index (χ4v) is 3.62. The molecule has 0 saturated carbocycles. The molecule has 0 bridgehead atoms. The molecule has 0 amide bonds. The van der Waals surface area contributed by atoms with Crippen molar-refractivity contribution < 1.29 is 55.1 Å². The van der Waals surface area contributed by atoms with Crippen molar-refractivity contribution in [1.29, 1.82) is 0 Å². The van der Waals surface area contributed by atoms with Gasteiger partial charge in [-0.3, -0.25) is 0 Å². The standard InChI is InChI=1S/C21H22O11/c22-7-16-17(27)18(28)19(29)21(32-16)31-15-6-10-12(25)4-9(23)5-14(10)30-20(15)8-1-2-11(24)13(26)3-8/h1-6,14,16-19,21-29H,7H2/p+1. The van der Waals surface area contributed by atoms with Crippen LogP contribution in [-0.2, 0) is 9.47 Å². The number of fused-ring (bicyclic) bond motifs is 1. The number of aliphatic hydroxyl groups is 8. The number of rotatable bonds is 4. The summed E-state index contributed by atoms with van der Waals surface area (Å²) in [6.45, 7) is -0.649. The van der Waals surface area contributed by atoms with Crippen LogP contribution in [0.15, 0.2) is 59.3 Å². The van der Waals surface area contributed by atoms with Gasteiger partial charge in [-0.05, 0) is 12.1 Å². The van der Waals surface area contributed by atoms with Gasteiger partial charge in [-0.2, -0.15) is 0 Å². The van der Waals surface area contributed by atoms with Gasteiger partial charge in [-0.25, -0.2) is 0 Å². The first-order chi connectivity index (χ1) is 15.2. The van der Waals surface area contributed by atoms with E-state index in [-0.39, 0.29) is 39.9 Å². The molecule has 3 aliphatic rings. The Labute approximate surface area is 181 Å². The van der Waals surface area contributed by atoms with Gasteiger partial charge in [0.05, 0.1) is 23.8 Å². The summed E-state index contributed by atoms with van der Waals surface area (Å²) in [7, 11) is 0. The molecule has 6 unspecified atom stereocenters. The number of phenolic OH excluding ortho intramolecular Hbond substituents is 2. The summed E-state index contributed by atoms with van der Waals surface area (Å²) in [4.78, 5) is 0. The lowest BCUT2D eigenvalue weighted by molar-refractivity contribution is -0.290. The number of benzene rings is 1. The summed E-state index contributed by atoms with van der Waals surface area (Å²) in [5.41, 5.74) is 0.547. The van der Waals surface area contributed by atoms with Gasteiger partial charge in [-0.1, -0.05) is 0 Å². The van der Waals surface area contributed by atoms with E-state index in [4.69, 9.17) is 9.47 Å². The highest BCUT2D eigenvalue weighted by Gasteiger charge is 2.46. The van der Waals surface area contributed by atoms with Gasteiger partial charge in [0.25, 0.3) is 0 Å². The summed E-state index contributed by atoms with van der Waals surface area (Å²) >= 11 is 0. The summed E-state index contributed by atoms with van der Waals surface area (Å²) < 4.78 is 15.6. The van der Waals surface area contributed by atoms with Crippen LogP contribution in [0.25, 0.3) is 5.76 Å². The molecule has 1 aromatic carbocycles. The first kappa shape index (κ1) is 22.0. The Kier molecular flexibility index (Phi) is 5.75. The van der Waals surface area contributed by atoms with Crippen molar-refractivity contribution >= 4 is 5.76 Å². The van der Waals surface area contributed by atoms with Gasteiger partial charge >= 0.3 is 5.76 Å². The highest BCUT2D eigenvalue weighted by molar-refractivity contribution is 5.69. The number of ether oxygens (including phenoxy) is 3. The first-order valence-corrected chi connectivity index (χ1v) is 9.67. The number of hydrogen-bond donors (Lipinski definition) is 8. The number of hydrogen-bond acceptors (Lipinski definition) is 10. The molecule has 9 N–H and O–H groups in total. The molecule has 1 saturated heterocycles. The minimum Gasteiger partial charge on any atom is -0.571 e. The van der Waals surface area contributed by atoms with Crippen LogP contribution in [0.2, 0.25) is 0 Å². The van der Waals surface area contributed by atoms with Crippen LogP contribution < -0.4 is 0 Å². The predicted molar refractivity (Wildman–Crippen MR) is 107 cm³/mol. The average molecular weight is 451 g/mol. The maximum atomic E-state index is 10.3. The molecular weight excluding hydrogens is 428 g/mol. The summed E-state index contributed by atoms with van der Waals surface area (Å²) in [5, 5.41) is 79.3. The Bertz CT molecular complexity index is 1020. The Morgan fingerprint density at radius 3 is 2.38 bits per heavy atom. The molecule has 2 heterocycles. The Balaban J connectivity index is 1.76. The van der Waals surface area contributed by atoms with E-state index >= 15 is 0 Å². The van der Waals surface area contributed by atoms with Crippen LogP contribution in [0, 0.1) is 0 Å². The molecule has 0 radical (unpaired) electrons. The van der Waals surface area contributed by atoms with Gasteiger partial charge in [0, 0.05) is 18.2 Å². The van der Waals surface area contributed by atoms with Crippen molar-refractivity contribution in [2.24, 2.45) is 0 Å². The van der Waals surface area contributed by atoms with Crippen LogP contribution in [0.3, 0.4) is 0 Å². The molecule has 32 heavy (non-hydrogen) atoms. The third kappa shape index (κ3) is 3.87. The normalized spacial score (nSPS) is 32.3. The maximum Gasteiger partial charge on any atom is 0.305 e. The molecule has 2 aliphatic heterocycles. The van der Waals surface area contributed by atoms with Crippen LogP contribution >= 0.6 is 0 Å². The largest absolute Gasteiger partial charge is 0.571 e. The number of phenols is 2. The van der Waals surface area contributed by atoms with Crippen LogP contribution in [0.5, 0.6) is 11.5 Å². The Morgan fingerprint density at radius 2 is 1.69 bits per heavy atom. The maximum absolute atomic E-state index is 10.3. The van der Waals surface area contributed by atoms with Gasteiger partial charge in [0.1, 0.15) is 35.9 Å². The number of aliphatic hydroxyl groups excluding tert-OH is 6. The summed E-state index contributed by atoms with van der Waals surface area (Å²) in [6, 6.07) is 3.88. The third-order valence-electron chi connectivity index (χ3n) is 5.36. The lowest BCUT2D eigenvalue weighted by Crippen LogP contribution is -2.59. The van der Waals surface area contributed by atoms with E-state index in [0.717, 1.165) is 6.08 Å². The topological polar surface area (TPSA) is 193 Å². The van der Waals surface area contributed by atoms with Crippen molar-refractivity contribution in [3.63, 3.8) is 0 Å². The van der Waals surface area contributed by atoms with Crippen LogP contribution in [0.1, 0.15) is 5.56 Å². The van der Waals surface area contributed by atoms with E-state index in [1.165, 1.54) is 30.4 Å². The van der Waals surface area contributed by atoms with Crippen molar-refractivity contribution in [3.8, 4) is 11.5 Å². The van der Waals surface area contributed by atoms with E-state index < -0.39 is 49.2 Å². The van der Waals surface area contributed by atoms with Gasteiger partial charge in [-0.15, -0.1) is 0 Å². The highest BCUT2D eigenvalue weighted by atomic mass is 16.7. The molecule has 1 fully saturated rings. The molecule has 172 valence electrons. The van der Waals surface area contributed by atoms with E-state index in [1.54, 1.807) is 0 Å². The van der Waals surface area contributed by atoms with Crippen molar-refractivity contribution in [2.45, 2.75) is 36.8 Å². The minimum atomic E-state index is -1.69. The monoisotopic (exact) mass is 451 g/mol. The lowest BCUT2D eigenvalue weighted by atomic mass is 9.96. The second kappa shape index (κ2) is 8.37. The second-order valence-electron chi connectivity index (χ2n) is 7.53. The third-order valence-corrected chi connectivity index (χ3v) is 5.36. The highest BCUT2D eigenvalue weighted by Crippen LogP contribution is 2.38. The van der Waals surface area contributed by atoms with E-state index in [2.05, 4.69) is 4.74 Å². The second-order valence-corrected chi connectivity index (χ2v) is 7.53. The van der Waals surface area contributed by atoms with E-state index in [0.29, 0.717) is 0 Å². The fourth-order valence-electron chi connectivity index (χ4n) is 3.62. The SMILES string of the molecule is OCC1OC(OC2=C(c3ccc(O)c(O)c3)[OH+]C3C=C(O)C=C(O)C3=C2)C(O)C(O)C1O. The van der Waals surface area contributed by atoms with E-state index in [1.807, 2.05) is 0 Å². The zero-order valence-corrected chi connectivity index (χ0v) is 16.5. The van der Waals surface area contributed by atoms with Gasteiger partial charge in [0.2, 0.25) is 18.2 Å². The molecule has 0 aromatic heterocycles. The molecule has 11 nitrogen and oxygen atoms in total. The average Bonchev–Trinajstić information content (AvgIpc) is 2.76. The minimum absolute atomic E-state index is 0.0413. The summed E-state index contributed by atoms with van der Waals surface area (Å²) in [5.74, 6) is -1.21.